The number of hydrogen-bond acceptors (Lipinski definition) is 2. The molecule has 1 amide bonds. The Hall–Kier alpha value is -3.64. The molecule has 0 aliphatic rings. The Labute approximate surface area is 194 Å². The van der Waals surface area contributed by atoms with E-state index in [0.29, 0.717) is 17.1 Å². The minimum atomic E-state index is -2.87. The van der Waals surface area contributed by atoms with Crippen molar-refractivity contribution in [3.63, 3.8) is 0 Å². The first-order valence-electron chi connectivity index (χ1n) is 10.3. The lowest BCUT2D eigenvalue weighted by Crippen LogP contribution is -2.27. The fourth-order valence-electron chi connectivity index (χ4n) is 3.72. The molecule has 3 aromatic carbocycles. The number of alkyl halides is 2. The molecule has 0 saturated heterocycles. The number of aromatic amines is 1. The lowest BCUT2D eigenvalue weighted by Gasteiger charge is -2.19. The highest BCUT2D eigenvalue weighted by Crippen LogP contribution is 2.34. The minimum Gasteiger partial charge on any atom is -0.435 e. The Morgan fingerprint density at radius 1 is 1.00 bits per heavy atom. The molecule has 4 aromatic rings. The van der Waals surface area contributed by atoms with Gasteiger partial charge in [-0.2, -0.15) is 8.78 Å². The zero-order chi connectivity index (χ0) is 23.2. The molecule has 2 N–H and O–H groups in total. The molecule has 0 aliphatic carbocycles. The molecule has 168 valence electrons. The number of benzene rings is 3. The predicted molar refractivity (Wildman–Crippen MR) is 127 cm³/mol. The Balaban J connectivity index is 1.50. The summed E-state index contributed by atoms with van der Waals surface area (Å²) in [5.41, 5.74) is 3.65. The van der Waals surface area contributed by atoms with Crippen LogP contribution < -0.4 is 10.1 Å². The van der Waals surface area contributed by atoms with Gasteiger partial charge in [-0.15, -0.1) is 0 Å². The third-order valence-electron chi connectivity index (χ3n) is 5.29. The van der Waals surface area contributed by atoms with Gasteiger partial charge in [0.05, 0.1) is 0 Å². The van der Waals surface area contributed by atoms with E-state index in [1.807, 2.05) is 54.7 Å². The summed E-state index contributed by atoms with van der Waals surface area (Å²) in [6.45, 7) is -2.53. The van der Waals surface area contributed by atoms with Crippen LogP contribution in [0.1, 0.15) is 22.6 Å². The van der Waals surface area contributed by atoms with Gasteiger partial charge in [0, 0.05) is 40.7 Å². The lowest BCUT2D eigenvalue weighted by molar-refractivity contribution is -0.116. The highest BCUT2D eigenvalue weighted by atomic mass is 35.5. The van der Waals surface area contributed by atoms with Crippen LogP contribution in [0.4, 0.5) is 8.78 Å². The van der Waals surface area contributed by atoms with Gasteiger partial charge in [-0.3, -0.25) is 4.79 Å². The fraction of sp³-hybridized carbons (Fsp3) is 0.115. The summed E-state index contributed by atoms with van der Waals surface area (Å²) < 4.78 is 28.8. The van der Waals surface area contributed by atoms with Gasteiger partial charge in [-0.25, -0.2) is 0 Å². The number of fused-ring (bicyclic) bond motifs is 1. The van der Waals surface area contributed by atoms with Crippen LogP contribution in [0.5, 0.6) is 5.75 Å². The van der Waals surface area contributed by atoms with E-state index < -0.39 is 6.61 Å². The number of amides is 1. The Morgan fingerprint density at radius 2 is 1.73 bits per heavy atom. The van der Waals surface area contributed by atoms with Crippen LogP contribution in [-0.4, -0.2) is 24.0 Å². The largest absolute Gasteiger partial charge is 0.435 e. The van der Waals surface area contributed by atoms with E-state index in [9.17, 15) is 13.6 Å². The number of hydrogen-bond donors (Lipinski definition) is 2. The predicted octanol–water partition coefficient (Wildman–Crippen LogP) is 6.38. The normalized spacial score (nSPS) is 12.4. The van der Waals surface area contributed by atoms with Gasteiger partial charge in [0.15, 0.2) is 0 Å². The number of carbonyl (C=O) groups is 1. The zero-order valence-corrected chi connectivity index (χ0v) is 18.2. The highest BCUT2D eigenvalue weighted by molar-refractivity contribution is 6.31. The third-order valence-corrected chi connectivity index (χ3v) is 5.63. The third kappa shape index (κ3) is 5.59. The van der Waals surface area contributed by atoms with E-state index in [4.69, 9.17) is 11.6 Å². The maximum absolute atomic E-state index is 12.5. The van der Waals surface area contributed by atoms with Crippen molar-refractivity contribution >= 4 is 34.5 Å². The molecule has 1 aromatic heterocycles. The zero-order valence-electron chi connectivity index (χ0n) is 17.5. The molecular weight excluding hydrogens is 446 g/mol. The van der Waals surface area contributed by atoms with Crippen LogP contribution in [0.25, 0.3) is 17.0 Å². The van der Waals surface area contributed by atoms with E-state index in [-0.39, 0.29) is 17.6 Å². The maximum atomic E-state index is 12.5. The summed E-state index contributed by atoms with van der Waals surface area (Å²) in [5, 5.41) is 4.64. The van der Waals surface area contributed by atoms with E-state index >= 15 is 0 Å². The van der Waals surface area contributed by atoms with E-state index in [1.165, 1.54) is 18.2 Å². The van der Waals surface area contributed by atoms with E-state index in [0.717, 1.165) is 22.0 Å². The molecule has 1 heterocycles. The van der Waals surface area contributed by atoms with Gasteiger partial charge in [0.25, 0.3) is 0 Å². The average Bonchev–Trinajstić information content (AvgIpc) is 3.23. The van der Waals surface area contributed by atoms with Gasteiger partial charge >= 0.3 is 6.61 Å². The quantitative estimate of drug-likeness (QED) is 0.296. The first kappa shape index (κ1) is 22.6. The van der Waals surface area contributed by atoms with Crippen LogP contribution in [0.3, 0.4) is 0 Å². The van der Waals surface area contributed by atoms with Gasteiger partial charge in [-0.05, 0) is 47.0 Å². The lowest BCUT2D eigenvalue weighted by atomic mass is 9.90. The molecular formula is C26H21ClF2N2O2. The number of rotatable bonds is 8. The molecule has 0 radical (unpaired) electrons. The van der Waals surface area contributed by atoms with Crippen molar-refractivity contribution in [3.05, 3.63) is 107 Å². The van der Waals surface area contributed by atoms with Crippen molar-refractivity contribution in [2.45, 2.75) is 12.5 Å². The number of H-pyrrole nitrogens is 1. The first-order valence-corrected chi connectivity index (χ1v) is 10.7. The molecule has 0 fully saturated rings. The minimum absolute atomic E-state index is 0.0629. The molecule has 0 spiro atoms. The number of ether oxygens (including phenoxy) is 1. The number of nitrogens with one attached hydrogen (secondary N) is 2. The second-order valence-corrected chi connectivity index (χ2v) is 7.80. The number of halogens is 3. The van der Waals surface area contributed by atoms with Crippen LogP contribution in [-0.2, 0) is 4.79 Å². The monoisotopic (exact) mass is 466 g/mol. The first-order chi connectivity index (χ1) is 16.0. The van der Waals surface area contributed by atoms with E-state index in [2.05, 4.69) is 15.0 Å². The van der Waals surface area contributed by atoms with Crippen molar-refractivity contribution in [1.82, 2.24) is 10.3 Å². The molecule has 1 atom stereocenters. The smallest absolute Gasteiger partial charge is 0.387 e. The molecule has 0 saturated carbocycles. The van der Waals surface area contributed by atoms with Crippen molar-refractivity contribution in [2.24, 2.45) is 0 Å². The second kappa shape index (κ2) is 10.3. The Bertz CT molecular complexity index is 1270. The summed E-state index contributed by atoms with van der Waals surface area (Å²) in [7, 11) is 0. The molecule has 0 aliphatic heterocycles. The summed E-state index contributed by atoms with van der Waals surface area (Å²) in [6.07, 6.45) is 4.96. The molecule has 4 rings (SSSR count). The van der Waals surface area contributed by atoms with Crippen LogP contribution in [0, 0.1) is 0 Å². The van der Waals surface area contributed by atoms with E-state index in [1.54, 1.807) is 18.2 Å². The Morgan fingerprint density at radius 3 is 2.48 bits per heavy atom. The van der Waals surface area contributed by atoms with Gasteiger partial charge in [0.1, 0.15) is 5.75 Å². The summed E-state index contributed by atoms with van der Waals surface area (Å²) >= 11 is 6.49. The SMILES string of the molecule is O=C(C=Cc1ccc(OC(F)F)cc1)NCC(c1ccccc1Cl)c1c[nH]c2ccccc12. The van der Waals surface area contributed by atoms with Crippen molar-refractivity contribution in [2.75, 3.05) is 6.54 Å². The number of aromatic nitrogens is 1. The molecule has 33 heavy (non-hydrogen) atoms. The summed E-state index contributed by atoms with van der Waals surface area (Å²) in [5.74, 6) is -0.370. The molecule has 1 unspecified atom stereocenters. The van der Waals surface area contributed by atoms with Crippen LogP contribution in [0.2, 0.25) is 5.02 Å². The highest BCUT2D eigenvalue weighted by Gasteiger charge is 2.20. The topological polar surface area (TPSA) is 54.1 Å². The fourth-order valence-corrected chi connectivity index (χ4v) is 3.99. The maximum Gasteiger partial charge on any atom is 0.387 e. The van der Waals surface area contributed by atoms with Crippen molar-refractivity contribution in [3.8, 4) is 5.75 Å². The summed E-state index contributed by atoms with van der Waals surface area (Å²) in [6, 6.07) is 21.6. The van der Waals surface area contributed by atoms with Gasteiger partial charge in [-0.1, -0.05) is 60.1 Å². The van der Waals surface area contributed by atoms with Crippen molar-refractivity contribution < 1.29 is 18.3 Å². The number of carbonyl (C=O) groups excluding carboxylic acids is 1. The van der Waals surface area contributed by atoms with Gasteiger partial charge < -0.3 is 15.0 Å². The van der Waals surface area contributed by atoms with Crippen LogP contribution in [0.15, 0.2) is 85.1 Å². The second-order valence-electron chi connectivity index (χ2n) is 7.39. The summed E-state index contributed by atoms with van der Waals surface area (Å²) in [4.78, 5) is 15.8. The Kier molecular flexibility index (Phi) is 7.05. The van der Waals surface area contributed by atoms with Gasteiger partial charge in [0.2, 0.25) is 5.91 Å². The molecule has 0 bridgehead atoms. The average molecular weight is 467 g/mol. The molecule has 7 heteroatoms. The van der Waals surface area contributed by atoms with Crippen molar-refractivity contribution in [1.29, 1.82) is 0 Å². The molecule has 4 nitrogen and oxygen atoms in total. The van der Waals surface area contributed by atoms with Crippen LogP contribution >= 0.6 is 11.6 Å². The standard InChI is InChI=1S/C26H21ClF2N2O2/c27-23-7-3-1-5-19(23)21(22-15-30-24-8-4-2-6-20(22)24)16-31-25(32)14-11-17-9-12-18(13-10-17)33-26(28)29/h1-15,21,26,30H,16H2,(H,31,32). The number of para-hydroxylation sites is 1.